The van der Waals surface area contributed by atoms with Crippen molar-refractivity contribution < 1.29 is 0 Å². The standard InChI is InChI=1S/C21H21N3/c22-10-9-20(24-13-11-23-12-14-24)21-18-7-3-1-5-16(18)15-17-6-2-4-8-19(17)21/h1-8,15,20,23H,9,11-14H2/t20-/m1/s1. The molecule has 0 bridgehead atoms. The molecule has 1 atom stereocenters. The van der Waals surface area contributed by atoms with Gasteiger partial charge in [-0.3, -0.25) is 4.90 Å². The van der Waals surface area contributed by atoms with Crippen LogP contribution in [0.5, 0.6) is 0 Å². The molecule has 1 fully saturated rings. The Morgan fingerprint density at radius 1 is 0.958 bits per heavy atom. The molecule has 0 radical (unpaired) electrons. The number of fused-ring (bicyclic) bond motifs is 2. The number of nitriles is 1. The highest BCUT2D eigenvalue weighted by Gasteiger charge is 2.25. The first kappa shape index (κ1) is 15.1. The molecule has 1 aliphatic rings. The lowest BCUT2D eigenvalue weighted by atomic mass is 9.90. The summed E-state index contributed by atoms with van der Waals surface area (Å²) in [6, 6.07) is 22.0. The molecular formula is C21H21N3. The van der Waals surface area contributed by atoms with Gasteiger partial charge in [-0.25, -0.2) is 0 Å². The number of nitrogens with one attached hydrogen (secondary N) is 1. The van der Waals surface area contributed by atoms with Gasteiger partial charge in [0.05, 0.1) is 12.5 Å². The summed E-state index contributed by atoms with van der Waals surface area (Å²) in [6.07, 6.45) is 0.526. The summed E-state index contributed by atoms with van der Waals surface area (Å²) in [7, 11) is 0. The van der Waals surface area contributed by atoms with Crippen LogP contribution in [0.25, 0.3) is 21.5 Å². The van der Waals surface area contributed by atoms with E-state index in [0.29, 0.717) is 6.42 Å². The van der Waals surface area contributed by atoms with Gasteiger partial charge in [-0.2, -0.15) is 5.26 Å². The Morgan fingerprint density at radius 3 is 2.12 bits per heavy atom. The highest BCUT2D eigenvalue weighted by molar-refractivity contribution is 6.02. The average molecular weight is 315 g/mol. The lowest BCUT2D eigenvalue weighted by Gasteiger charge is -2.35. The molecule has 1 aliphatic heterocycles. The second kappa shape index (κ2) is 6.60. The third-order valence-electron chi connectivity index (χ3n) is 5.02. The Labute approximate surface area is 142 Å². The summed E-state index contributed by atoms with van der Waals surface area (Å²) in [5.74, 6) is 0. The molecule has 0 aliphatic carbocycles. The predicted octanol–water partition coefficient (Wildman–Crippen LogP) is 3.85. The molecule has 24 heavy (non-hydrogen) atoms. The minimum Gasteiger partial charge on any atom is -0.314 e. The second-order valence-electron chi connectivity index (χ2n) is 6.40. The van der Waals surface area contributed by atoms with Crippen LogP contribution in [0.2, 0.25) is 0 Å². The number of rotatable bonds is 3. The van der Waals surface area contributed by atoms with Gasteiger partial charge in [0.25, 0.3) is 0 Å². The molecule has 0 saturated carbocycles. The monoisotopic (exact) mass is 315 g/mol. The molecule has 0 aromatic heterocycles. The van der Waals surface area contributed by atoms with Crippen LogP contribution in [0.15, 0.2) is 54.6 Å². The Morgan fingerprint density at radius 2 is 1.54 bits per heavy atom. The number of hydrogen-bond acceptors (Lipinski definition) is 3. The van der Waals surface area contributed by atoms with Gasteiger partial charge in [-0.05, 0) is 33.2 Å². The van der Waals surface area contributed by atoms with Gasteiger partial charge in [0.2, 0.25) is 0 Å². The van der Waals surface area contributed by atoms with Gasteiger partial charge in [-0.1, -0.05) is 48.5 Å². The molecular weight excluding hydrogens is 294 g/mol. The van der Waals surface area contributed by atoms with E-state index in [-0.39, 0.29) is 6.04 Å². The Balaban J connectivity index is 1.98. The molecule has 3 nitrogen and oxygen atoms in total. The van der Waals surface area contributed by atoms with Crippen LogP contribution >= 0.6 is 0 Å². The normalized spacial score (nSPS) is 17.0. The summed E-state index contributed by atoms with van der Waals surface area (Å²) in [5, 5.41) is 17.9. The molecule has 0 unspecified atom stereocenters. The lowest BCUT2D eigenvalue weighted by Crippen LogP contribution is -2.45. The average Bonchev–Trinajstić information content (AvgIpc) is 2.65. The highest BCUT2D eigenvalue weighted by Crippen LogP contribution is 2.37. The van der Waals surface area contributed by atoms with Crippen molar-refractivity contribution in [3.05, 3.63) is 60.2 Å². The van der Waals surface area contributed by atoms with Gasteiger partial charge >= 0.3 is 0 Å². The van der Waals surface area contributed by atoms with Crippen molar-refractivity contribution in [2.45, 2.75) is 12.5 Å². The Bertz CT molecular complexity index is 850. The first-order valence-electron chi connectivity index (χ1n) is 8.60. The fourth-order valence-electron chi connectivity index (χ4n) is 3.90. The SMILES string of the molecule is N#CC[C@H](c1c2ccccc2cc2ccccc12)N1CCNCC1. The fraction of sp³-hybridized carbons (Fsp3) is 0.286. The number of hydrogen-bond donors (Lipinski definition) is 1. The van der Waals surface area contributed by atoms with E-state index in [4.69, 9.17) is 0 Å². The molecule has 1 heterocycles. The van der Waals surface area contributed by atoms with Crippen molar-refractivity contribution in [2.75, 3.05) is 26.2 Å². The van der Waals surface area contributed by atoms with Crippen LogP contribution in [0.4, 0.5) is 0 Å². The molecule has 1 saturated heterocycles. The van der Waals surface area contributed by atoms with Crippen LogP contribution < -0.4 is 5.32 Å². The van der Waals surface area contributed by atoms with Crippen LogP contribution in [-0.4, -0.2) is 31.1 Å². The summed E-state index contributed by atoms with van der Waals surface area (Å²) in [6.45, 7) is 3.96. The first-order chi connectivity index (χ1) is 11.9. The fourth-order valence-corrected chi connectivity index (χ4v) is 3.90. The van der Waals surface area contributed by atoms with E-state index < -0.39 is 0 Å². The maximum absolute atomic E-state index is 9.48. The zero-order valence-electron chi connectivity index (χ0n) is 13.7. The summed E-state index contributed by atoms with van der Waals surface area (Å²) < 4.78 is 0. The zero-order chi connectivity index (χ0) is 16.4. The lowest BCUT2D eigenvalue weighted by molar-refractivity contribution is 0.177. The Kier molecular flexibility index (Phi) is 4.17. The van der Waals surface area contributed by atoms with E-state index in [2.05, 4.69) is 70.9 Å². The molecule has 3 aromatic rings. The smallest absolute Gasteiger partial charge is 0.0641 e. The third-order valence-corrected chi connectivity index (χ3v) is 5.02. The van der Waals surface area contributed by atoms with Gasteiger partial charge in [-0.15, -0.1) is 0 Å². The largest absolute Gasteiger partial charge is 0.314 e. The maximum Gasteiger partial charge on any atom is 0.0641 e. The highest BCUT2D eigenvalue weighted by atomic mass is 15.2. The van der Waals surface area contributed by atoms with E-state index in [1.165, 1.54) is 27.1 Å². The Hall–Kier alpha value is -2.41. The topological polar surface area (TPSA) is 39.1 Å². The van der Waals surface area contributed by atoms with Gasteiger partial charge in [0.1, 0.15) is 0 Å². The minimum absolute atomic E-state index is 0.146. The van der Waals surface area contributed by atoms with Gasteiger partial charge in [0, 0.05) is 32.2 Å². The van der Waals surface area contributed by atoms with Crippen molar-refractivity contribution >= 4 is 21.5 Å². The summed E-state index contributed by atoms with van der Waals surface area (Å²) >= 11 is 0. The first-order valence-corrected chi connectivity index (χ1v) is 8.60. The molecule has 0 amide bonds. The number of nitrogens with zero attached hydrogens (tertiary/aromatic N) is 2. The van der Waals surface area contributed by atoms with Crippen molar-refractivity contribution in [1.82, 2.24) is 10.2 Å². The molecule has 3 heteroatoms. The van der Waals surface area contributed by atoms with E-state index in [1.54, 1.807) is 0 Å². The van der Waals surface area contributed by atoms with E-state index in [0.717, 1.165) is 26.2 Å². The van der Waals surface area contributed by atoms with Gasteiger partial charge < -0.3 is 5.32 Å². The number of piperazine rings is 1. The van der Waals surface area contributed by atoms with Crippen molar-refractivity contribution in [3.8, 4) is 6.07 Å². The predicted molar refractivity (Wildman–Crippen MR) is 98.9 cm³/mol. The maximum atomic E-state index is 9.48. The van der Waals surface area contributed by atoms with E-state index in [1.807, 2.05) is 0 Å². The van der Waals surface area contributed by atoms with Crippen molar-refractivity contribution in [2.24, 2.45) is 0 Å². The number of benzene rings is 3. The second-order valence-corrected chi connectivity index (χ2v) is 6.40. The molecule has 0 spiro atoms. The third kappa shape index (κ3) is 2.65. The molecule has 1 N–H and O–H groups in total. The van der Waals surface area contributed by atoms with Crippen LogP contribution in [0.3, 0.4) is 0 Å². The van der Waals surface area contributed by atoms with Crippen LogP contribution in [-0.2, 0) is 0 Å². The van der Waals surface area contributed by atoms with Gasteiger partial charge in [0.15, 0.2) is 0 Å². The molecule has 4 rings (SSSR count). The summed E-state index contributed by atoms with van der Waals surface area (Å²) in [5.41, 5.74) is 1.31. The minimum atomic E-state index is 0.146. The van der Waals surface area contributed by atoms with Crippen molar-refractivity contribution in [1.29, 1.82) is 5.26 Å². The van der Waals surface area contributed by atoms with Crippen LogP contribution in [0.1, 0.15) is 18.0 Å². The molecule has 3 aromatic carbocycles. The van der Waals surface area contributed by atoms with Crippen molar-refractivity contribution in [3.63, 3.8) is 0 Å². The molecule has 120 valence electrons. The summed E-state index contributed by atoms with van der Waals surface area (Å²) in [4.78, 5) is 2.47. The van der Waals surface area contributed by atoms with E-state index >= 15 is 0 Å². The zero-order valence-corrected chi connectivity index (χ0v) is 13.7. The quantitative estimate of drug-likeness (QED) is 0.746. The van der Waals surface area contributed by atoms with E-state index in [9.17, 15) is 5.26 Å². The van der Waals surface area contributed by atoms with Crippen LogP contribution in [0, 0.1) is 11.3 Å².